The van der Waals surface area contributed by atoms with Crippen LogP contribution in [-0.4, -0.2) is 6.29 Å². The van der Waals surface area contributed by atoms with E-state index in [1.807, 2.05) is 6.92 Å². The number of thiophene rings is 1. The maximum Gasteiger partial charge on any atom is 0.181 e. The Balaban J connectivity index is 2.26. The lowest BCUT2D eigenvalue weighted by atomic mass is 10.2. The molecule has 0 aliphatic carbocycles. The highest BCUT2D eigenvalue weighted by Crippen LogP contribution is 2.30. The highest BCUT2D eigenvalue weighted by Gasteiger charge is 2.06. The van der Waals surface area contributed by atoms with E-state index in [0.29, 0.717) is 9.94 Å². The maximum atomic E-state index is 13.4. The third kappa shape index (κ3) is 2.28. The van der Waals surface area contributed by atoms with Gasteiger partial charge in [0.25, 0.3) is 0 Å². The average Bonchev–Trinajstić information content (AvgIpc) is 2.71. The molecule has 1 heterocycles. The van der Waals surface area contributed by atoms with E-state index in [4.69, 9.17) is 4.74 Å². The quantitative estimate of drug-likeness (QED) is 0.758. The van der Waals surface area contributed by atoms with E-state index in [-0.39, 0.29) is 5.75 Å². The standard InChI is InChI=1S/C12H9FO2S/c1-8-2-4-10(13)11(6-8)15-12-5-3-9(7-14)16-12/h2-7H,1H3. The van der Waals surface area contributed by atoms with Gasteiger partial charge in [0.2, 0.25) is 0 Å². The zero-order valence-corrected chi connectivity index (χ0v) is 9.38. The molecule has 0 saturated heterocycles. The molecule has 0 atom stereocenters. The Bertz CT molecular complexity index is 519. The van der Waals surface area contributed by atoms with Crippen LogP contribution < -0.4 is 4.74 Å². The van der Waals surface area contributed by atoms with Crippen molar-refractivity contribution < 1.29 is 13.9 Å². The number of aldehydes is 1. The van der Waals surface area contributed by atoms with E-state index in [1.165, 1.54) is 17.4 Å². The van der Waals surface area contributed by atoms with Gasteiger partial charge in [0.05, 0.1) is 4.88 Å². The van der Waals surface area contributed by atoms with Crippen LogP contribution in [0.15, 0.2) is 30.3 Å². The number of hydrogen-bond acceptors (Lipinski definition) is 3. The number of ether oxygens (including phenoxy) is 1. The van der Waals surface area contributed by atoms with Crippen molar-refractivity contribution in [1.82, 2.24) is 0 Å². The molecule has 0 aliphatic heterocycles. The van der Waals surface area contributed by atoms with Gasteiger partial charge in [-0.25, -0.2) is 4.39 Å². The predicted molar refractivity (Wildman–Crippen MR) is 60.9 cm³/mol. The monoisotopic (exact) mass is 236 g/mol. The fourth-order valence-electron chi connectivity index (χ4n) is 1.25. The Morgan fingerprint density at radius 2 is 2.12 bits per heavy atom. The van der Waals surface area contributed by atoms with Gasteiger partial charge in [-0.15, -0.1) is 0 Å². The van der Waals surface area contributed by atoms with Crippen LogP contribution >= 0.6 is 11.3 Å². The summed E-state index contributed by atoms with van der Waals surface area (Å²) < 4.78 is 18.7. The average molecular weight is 236 g/mol. The summed E-state index contributed by atoms with van der Waals surface area (Å²) in [4.78, 5) is 11.0. The molecular formula is C12H9FO2S. The molecular weight excluding hydrogens is 227 g/mol. The Morgan fingerprint density at radius 3 is 2.81 bits per heavy atom. The van der Waals surface area contributed by atoms with Crippen molar-refractivity contribution >= 4 is 17.6 Å². The largest absolute Gasteiger partial charge is 0.444 e. The zero-order chi connectivity index (χ0) is 11.5. The molecule has 1 aromatic heterocycles. The number of hydrogen-bond donors (Lipinski definition) is 0. The van der Waals surface area contributed by atoms with Crippen molar-refractivity contribution in [3.05, 3.63) is 46.6 Å². The third-order valence-corrected chi connectivity index (χ3v) is 2.90. The second-order valence-electron chi connectivity index (χ2n) is 3.31. The summed E-state index contributed by atoms with van der Waals surface area (Å²) in [5.74, 6) is -0.231. The first kappa shape index (κ1) is 10.8. The number of benzene rings is 1. The highest BCUT2D eigenvalue weighted by molar-refractivity contribution is 7.15. The Kier molecular flexibility index (Phi) is 3.01. The minimum atomic E-state index is -0.411. The SMILES string of the molecule is Cc1ccc(F)c(Oc2ccc(C=O)s2)c1. The number of carbonyl (C=O) groups excluding carboxylic acids is 1. The fraction of sp³-hybridized carbons (Fsp3) is 0.0833. The Morgan fingerprint density at radius 1 is 1.31 bits per heavy atom. The molecule has 0 fully saturated rings. The van der Waals surface area contributed by atoms with Gasteiger partial charge in [0.1, 0.15) is 0 Å². The van der Waals surface area contributed by atoms with Gasteiger partial charge in [-0.3, -0.25) is 4.79 Å². The smallest absolute Gasteiger partial charge is 0.181 e. The molecule has 0 spiro atoms. The lowest BCUT2D eigenvalue weighted by molar-refractivity contribution is 0.112. The molecule has 4 heteroatoms. The van der Waals surface area contributed by atoms with E-state index < -0.39 is 5.82 Å². The molecule has 0 amide bonds. The van der Waals surface area contributed by atoms with Crippen molar-refractivity contribution in [2.45, 2.75) is 6.92 Å². The zero-order valence-electron chi connectivity index (χ0n) is 8.57. The Labute approximate surface area is 96.3 Å². The first-order valence-electron chi connectivity index (χ1n) is 4.68. The molecule has 2 rings (SSSR count). The van der Waals surface area contributed by atoms with Gasteiger partial charge in [0, 0.05) is 0 Å². The van der Waals surface area contributed by atoms with E-state index >= 15 is 0 Å². The van der Waals surface area contributed by atoms with Crippen LogP contribution in [0.2, 0.25) is 0 Å². The Hall–Kier alpha value is -1.68. The van der Waals surface area contributed by atoms with Gasteiger partial charge < -0.3 is 4.74 Å². The minimum Gasteiger partial charge on any atom is -0.444 e. The first-order valence-corrected chi connectivity index (χ1v) is 5.50. The summed E-state index contributed by atoms with van der Waals surface area (Å²) >= 11 is 1.19. The summed E-state index contributed by atoms with van der Waals surface area (Å²) in [6, 6.07) is 7.94. The van der Waals surface area contributed by atoms with E-state index in [1.54, 1.807) is 24.3 Å². The lowest BCUT2D eigenvalue weighted by Crippen LogP contribution is -1.86. The van der Waals surface area contributed by atoms with Crippen LogP contribution in [0, 0.1) is 12.7 Å². The molecule has 2 nitrogen and oxygen atoms in total. The van der Waals surface area contributed by atoms with Gasteiger partial charge in [0.15, 0.2) is 22.9 Å². The predicted octanol–water partition coefficient (Wildman–Crippen LogP) is 3.80. The molecule has 82 valence electrons. The summed E-state index contributed by atoms with van der Waals surface area (Å²) in [7, 11) is 0. The van der Waals surface area contributed by atoms with Crippen molar-refractivity contribution in [3.8, 4) is 10.8 Å². The number of halogens is 1. The van der Waals surface area contributed by atoms with E-state index in [2.05, 4.69) is 0 Å². The molecule has 16 heavy (non-hydrogen) atoms. The van der Waals surface area contributed by atoms with Crippen LogP contribution in [0.4, 0.5) is 4.39 Å². The van der Waals surface area contributed by atoms with Gasteiger partial charge in [-0.05, 0) is 36.8 Å². The van der Waals surface area contributed by atoms with Crippen LogP contribution in [0.3, 0.4) is 0 Å². The van der Waals surface area contributed by atoms with Crippen molar-refractivity contribution in [2.75, 3.05) is 0 Å². The van der Waals surface area contributed by atoms with Gasteiger partial charge in [-0.1, -0.05) is 17.4 Å². The molecule has 0 radical (unpaired) electrons. The fourth-order valence-corrected chi connectivity index (χ4v) is 1.93. The number of rotatable bonds is 3. The van der Waals surface area contributed by atoms with Crippen LogP contribution in [-0.2, 0) is 0 Å². The number of carbonyl (C=O) groups is 1. The van der Waals surface area contributed by atoms with Crippen molar-refractivity contribution in [2.24, 2.45) is 0 Å². The van der Waals surface area contributed by atoms with E-state index in [9.17, 15) is 9.18 Å². The second-order valence-corrected chi connectivity index (χ2v) is 4.39. The van der Waals surface area contributed by atoms with Crippen molar-refractivity contribution in [1.29, 1.82) is 0 Å². The summed E-state index contributed by atoms with van der Waals surface area (Å²) in [5.41, 5.74) is 0.920. The normalized spacial score (nSPS) is 10.1. The first-order chi connectivity index (χ1) is 7.69. The number of aryl methyl sites for hydroxylation is 1. The van der Waals surface area contributed by atoms with Gasteiger partial charge >= 0.3 is 0 Å². The second kappa shape index (κ2) is 4.45. The molecule has 0 bridgehead atoms. The van der Waals surface area contributed by atoms with Crippen molar-refractivity contribution in [3.63, 3.8) is 0 Å². The van der Waals surface area contributed by atoms with Crippen LogP contribution in [0.25, 0.3) is 0 Å². The van der Waals surface area contributed by atoms with Crippen LogP contribution in [0.1, 0.15) is 15.2 Å². The topological polar surface area (TPSA) is 26.3 Å². The van der Waals surface area contributed by atoms with Gasteiger partial charge in [-0.2, -0.15) is 0 Å². The lowest BCUT2D eigenvalue weighted by Gasteiger charge is -2.04. The molecule has 0 unspecified atom stereocenters. The summed E-state index contributed by atoms with van der Waals surface area (Å²) in [6.45, 7) is 1.86. The minimum absolute atomic E-state index is 0.180. The maximum absolute atomic E-state index is 13.4. The van der Waals surface area contributed by atoms with Crippen LogP contribution in [0.5, 0.6) is 10.8 Å². The molecule has 0 N–H and O–H groups in total. The summed E-state index contributed by atoms with van der Waals surface area (Å²) in [6.07, 6.45) is 0.740. The summed E-state index contributed by atoms with van der Waals surface area (Å²) in [5, 5.41) is 0.506. The highest BCUT2D eigenvalue weighted by atomic mass is 32.1. The molecule has 2 aromatic rings. The third-order valence-electron chi connectivity index (χ3n) is 2.02. The molecule has 0 saturated carbocycles. The van der Waals surface area contributed by atoms with E-state index in [0.717, 1.165) is 11.8 Å². The molecule has 1 aromatic carbocycles. The molecule has 0 aliphatic rings.